The van der Waals surface area contributed by atoms with Gasteiger partial charge in [-0.25, -0.2) is 16.8 Å². The summed E-state index contributed by atoms with van der Waals surface area (Å²) < 4.78 is 60.3. The first-order valence-corrected chi connectivity index (χ1v) is 24.2. The van der Waals surface area contributed by atoms with Gasteiger partial charge in [0.2, 0.25) is 0 Å². The SMILES string of the molecule is CN(C)c1cccc2c(S(=O)(=O)Nc3ccc(Br)cc3C(=O)Nc3ccc(Br)cc3)cccc12.O=C(Nc1ccc(Br)cc1)c1cccc(Br)c1NS(=O)(=O)c1ccccc1. The Labute approximate surface area is 387 Å². The average molecular weight is 1110 g/mol. The van der Waals surface area contributed by atoms with E-state index in [0.717, 1.165) is 20.0 Å². The third-order valence-corrected chi connectivity index (χ3v) is 13.9. The van der Waals surface area contributed by atoms with E-state index in [1.807, 2.05) is 49.3 Å². The summed E-state index contributed by atoms with van der Waals surface area (Å²) in [5.74, 6) is -0.862. The molecule has 312 valence electrons. The highest BCUT2D eigenvalue weighted by atomic mass is 79.9. The number of nitrogens with one attached hydrogen (secondary N) is 4. The average Bonchev–Trinajstić information content (AvgIpc) is 3.23. The van der Waals surface area contributed by atoms with Crippen LogP contribution >= 0.6 is 63.7 Å². The van der Waals surface area contributed by atoms with Crippen LogP contribution in [0.3, 0.4) is 0 Å². The van der Waals surface area contributed by atoms with Crippen LogP contribution in [0.1, 0.15) is 20.7 Å². The lowest BCUT2D eigenvalue weighted by molar-refractivity contribution is 0.101. The first-order chi connectivity index (χ1) is 29.0. The Kier molecular flexibility index (Phi) is 14.7. The lowest BCUT2D eigenvalue weighted by Gasteiger charge is -2.18. The molecule has 4 N–H and O–H groups in total. The van der Waals surface area contributed by atoms with Crippen LogP contribution in [0.4, 0.5) is 28.4 Å². The summed E-state index contributed by atoms with van der Waals surface area (Å²) in [6.45, 7) is 0. The Morgan fingerprint density at radius 1 is 0.508 bits per heavy atom. The number of halogens is 4. The van der Waals surface area contributed by atoms with E-state index in [4.69, 9.17) is 0 Å². The van der Waals surface area contributed by atoms with Gasteiger partial charge in [-0.1, -0.05) is 96.3 Å². The molecule has 0 heterocycles. The van der Waals surface area contributed by atoms with Gasteiger partial charge in [0.15, 0.2) is 0 Å². The van der Waals surface area contributed by atoms with Crippen LogP contribution in [0.5, 0.6) is 0 Å². The van der Waals surface area contributed by atoms with Crippen molar-refractivity contribution in [1.29, 1.82) is 0 Å². The van der Waals surface area contributed by atoms with Gasteiger partial charge >= 0.3 is 0 Å². The van der Waals surface area contributed by atoms with Crippen LogP contribution in [0.25, 0.3) is 10.8 Å². The highest BCUT2D eigenvalue weighted by molar-refractivity contribution is 9.11. The van der Waals surface area contributed by atoms with E-state index in [-0.39, 0.29) is 32.3 Å². The van der Waals surface area contributed by atoms with Gasteiger partial charge < -0.3 is 15.5 Å². The number of sulfonamides is 2. The molecule has 0 aliphatic rings. The number of rotatable bonds is 11. The maximum atomic E-state index is 13.5. The molecular formula is C44H35Br4N5O6S2. The van der Waals surface area contributed by atoms with Crippen molar-refractivity contribution < 1.29 is 26.4 Å². The Morgan fingerprint density at radius 3 is 1.66 bits per heavy atom. The van der Waals surface area contributed by atoms with Crippen molar-refractivity contribution >= 4 is 135 Å². The summed E-state index contributed by atoms with van der Waals surface area (Å²) >= 11 is 13.4. The zero-order chi connectivity index (χ0) is 43.9. The molecule has 0 saturated carbocycles. The summed E-state index contributed by atoms with van der Waals surface area (Å²) in [5, 5.41) is 6.99. The fourth-order valence-electron chi connectivity index (χ4n) is 5.96. The van der Waals surface area contributed by atoms with Gasteiger partial charge in [0.25, 0.3) is 31.9 Å². The van der Waals surface area contributed by atoms with Crippen molar-refractivity contribution in [2.24, 2.45) is 0 Å². The fourth-order valence-corrected chi connectivity index (χ4v) is 9.87. The van der Waals surface area contributed by atoms with Gasteiger partial charge in [-0.2, -0.15) is 0 Å². The summed E-state index contributed by atoms with van der Waals surface area (Å²) in [6, 6.07) is 42.6. The first-order valence-electron chi connectivity index (χ1n) is 18.0. The number of hydrogen-bond acceptors (Lipinski definition) is 7. The Hall–Kier alpha value is -5.04. The third-order valence-electron chi connectivity index (χ3n) is 8.85. The molecule has 11 nitrogen and oxygen atoms in total. The van der Waals surface area contributed by atoms with Crippen molar-refractivity contribution in [2.45, 2.75) is 9.79 Å². The van der Waals surface area contributed by atoms with Crippen LogP contribution in [-0.2, 0) is 20.0 Å². The second-order valence-corrected chi connectivity index (χ2v) is 20.3. The van der Waals surface area contributed by atoms with E-state index in [0.29, 0.717) is 25.7 Å². The molecule has 61 heavy (non-hydrogen) atoms. The Balaban J connectivity index is 0.000000210. The largest absolute Gasteiger partial charge is 0.377 e. The van der Waals surface area contributed by atoms with Crippen LogP contribution in [0, 0.1) is 0 Å². The highest BCUT2D eigenvalue weighted by Gasteiger charge is 2.23. The first kappa shape index (κ1) is 45.5. The predicted octanol–water partition coefficient (Wildman–Crippen LogP) is 11.7. The van der Waals surface area contributed by atoms with E-state index in [2.05, 4.69) is 83.8 Å². The monoisotopic (exact) mass is 1110 g/mol. The van der Waals surface area contributed by atoms with Gasteiger partial charge in [0.05, 0.1) is 32.3 Å². The molecule has 0 aliphatic heterocycles. The van der Waals surface area contributed by atoms with Crippen LogP contribution in [0.2, 0.25) is 0 Å². The molecule has 0 atom stereocenters. The number of hydrogen-bond donors (Lipinski definition) is 4. The molecule has 0 radical (unpaired) electrons. The molecule has 7 aromatic rings. The number of anilines is 5. The number of fused-ring (bicyclic) bond motifs is 1. The van der Waals surface area contributed by atoms with E-state index < -0.39 is 31.9 Å². The molecule has 0 saturated heterocycles. The van der Waals surface area contributed by atoms with Gasteiger partial charge in [0, 0.05) is 59.8 Å². The number of carbonyl (C=O) groups is 2. The Morgan fingerprint density at radius 2 is 1.05 bits per heavy atom. The van der Waals surface area contributed by atoms with Crippen molar-refractivity contribution in [3.63, 3.8) is 0 Å². The normalized spacial score (nSPS) is 11.2. The number of para-hydroxylation sites is 1. The lowest BCUT2D eigenvalue weighted by atomic mass is 10.1. The topological polar surface area (TPSA) is 154 Å². The zero-order valence-corrected chi connectivity index (χ0v) is 40.1. The fraction of sp³-hybridized carbons (Fsp3) is 0.0455. The molecule has 0 aliphatic carbocycles. The minimum absolute atomic E-state index is 0.111. The Bertz CT molecular complexity index is 2960. The standard InChI is InChI=1S/C25H21Br2N3O3S.C19H14Br2N2O3S/c1-30(2)23-7-3-6-20-19(23)5-4-8-24(20)34(32,33)29-22-14-11-17(27)15-21(22)25(31)28-18-12-9-16(26)10-13-18;20-13-9-11-14(12-10-13)22-19(24)16-7-4-8-17(21)18(16)23-27(25,26)15-5-2-1-3-6-15/h3-15,29H,1-2H3,(H,28,31);1-12,23H,(H,22,24). The molecule has 7 aromatic carbocycles. The number of benzene rings is 7. The van der Waals surface area contributed by atoms with E-state index in [9.17, 15) is 26.4 Å². The van der Waals surface area contributed by atoms with Crippen LogP contribution in [-0.4, -0.2) is 42.7 Å². The quantitative estimate of drug-likeness (QED) is 0.101. The lowest BCUT2D eigenvalue weighted by Crippen LogP contribution is -2.19. The zero-order valence-electron chi connectivity index (χ0n) is 32.2. The van der Waals surface area contributed by atoms with Gasteiger partial charge in [0.1, 0.15) is 0 Å². The van der Waals surface area contributed by atoms with Gasteiger partial charge in [-0.05, 0) is 119 Å². The molecule has 0 bridgehead atoms. The van der Waals surface area contributed by atoms with Crippen LogP contribution in [0.15, 0.2) is 179 Å². The summed E-state index contributed by atoms with van der Waals surface area (Å²) in [7, 11) is -4.02. The molecule has 0 unspecified atom stereocenters. The van der Waals surface area contributed by atoms with Gasteiger partial charge in [-0.15, -0.1) is 0 Å². The second kappa shape index (κ2) is 19.8. The molecule has 0 spiro atoms. The van der Waals surface area contributed by atoms with Crippen molar-refractivity contribution in [3.05, 3.63) is 181 Å². The molecule has 2 amide bonds. The van der Waals surface area contributed by atoms with Crippen molar-refractivity contribution in [2.75, 3.05) is 39.1 Å². The molecule has 7 rings (SSSR count). The smallest absolute Gasteiger partial charge is 0.262 e. The highest BCUT2D eigenvalue weighted by Crippen LogP contribution is 2.33. The van der Waals surface area contributed by atoms with E-state index in [1.165, 1.54) is 12.1 Å². The van der Waals surface area contributed by atoms with Crippen molar-refractivity contribution in [1.82, 2.24) is 0 Å². The molecule has 0 aromatic heterocycles. The van der Waals surface area contributed by atoms with Gasteiger partial charge in [-0.3, -0.25) is 19.0 Å². The summed E-state index contributed by atoms with van der Waals surface area (Å²) in [4.78, 5) is 27.9. The number of carbonyl (C=O) groups excluding carboxylic acids is 2. The predicted molar refractivity (Wildman–Crippen MR) is 259 cm³/mol. The third kappa shape index (κ3) is 11.5. The van der Waals surface area contributed by atoms with E-state index in [1.54, 1.807) is 109 Å². The number of nitrogens with zero attached hydrogens (tertiary/aromatic N) is 1. The molecule has 17 heteroatoms. The maximum absolute atomic E-state index is 13.5. The maximum Gasteiger partial charge on any atom is 0.262 e. The molecule has 0 fully saturated rings. The minimum atomic E-state index is -4.00. The van der Waals surface area contributed by atoms with Crippen molar-refractivity contribution in [3.8, 4) is 0 Å². The van der Waals surface area contributed by atoms with E-state index >= 15 is 0 Å². The number of amides is 2. The summed E-state index contributed by atoms with van der Waals surface area (Å²) in [6.07, 6.45) is 0. The minimum Gasteiger partial charge on any atom is -0.377 e. The summed E-state index contributed by atoms with van der Waals surface area (Å²) in [5.41, 5.74) is 2.84. The molecular weight excluding hydrogens is 1080 g/mol. The second-order valence-electron chi connectivity index (χ2n) is 13.3. The van der Waals surface area contributed by atoms with Crippen LogP contribution < -0.4 is 25.0 Å².